The van der Waals surface area contributed by atoms with Crippen LogP contribution in [0.25, 0.3) is 0 Å². The number of methoxy groups -OCH3 is 1. The lowest BCUT2D eigenvalue weighted by Crippen LogP contribution is -2.38. The second kappa shape index (κ2) is 10.2. The maximum absolute atomic E-state index is 12.9. The van der Waals surface area contributed by atoms with E-state index in [2.05, 4.69) is 4.72 Å². The average Bonchev–Trinajstić information content (AvgIpc) is 2.87. The zero-order valence-corrected chi connectivity index (χ0v) is 19.9. The number of anilines is 2. The Bertz CT molecular complexity index is 1330. The van der Waals surface area contributed by atoms with Gasteiger partial charge in [0, 0.05) is 17.2 Å². The molecule has 0 saturated heterocycles. The topological polar surface area (TPSA) is 102 Å². The Morgan fingerprint density at radius 3 is 2.62 bits per heavy atom. The third kappa shape index (κ3) is 5.18. The summed E-state index contributed by atoms with van der Waals surface area (Å²) < 4.78 is 38.5. The lowest BCUT2D eigenvalue weighted by molar-refractivity contribution is -0.121. The Balaban J connectivity index is 1.44. The van der Waals surface area contributed by atoms with Crippen molar-refractivity contribution >= 4 is 45.0 Å². The second-order valence-electron chi connectivity index (χ2n) is 7.27. The van der Waals surface area contributed by atoms with Crippen LogP contribution in [0.15, 0.2) is 82.6 Å². The molecule has 0 unspecified atom stereocenters. The van der Waals surface area contributed by atoms with Gasteiger partial charge in [-0.25, -0.2) is 13.2 Å². The van der Waals surface area contributed by atoms with E-state index in [1.54, 1.807) is 40.9 Å². The molecule has 1 N–H and O–H groups in total. The van der Waals surface area contributed by atoms with Crippen LogP contribution in [0.4, 0.5) is 11.4 Å². The molecule has 0 radical (unpaired) electrons. The minimum absolute atomic E-state index is 0.0188. The molecule has 176 valence electrons. The van der Waals surface area contributed by atoms with Crippen molar-refractivity contribution in [3.8, 4) is 5.75 Å². The van der Waals surface area contributed by atoms with E-state index in [9.17, 15) is 18.0 Å². The molecule has 10 heteroatoms. The molecule has 4 rings (SSSR count). The van der Waals surface area contributed by atoms with Crippen molar-refractivity contribution in [1.29, 1.82) is 0 Å². The summed E-state index contributed by atoms with van der Waals surface area (Å²) in [6.45, 7) is 0.0642. The number of ether oxygens (including phenoxy) is 2. The molecule has 1 aliphatic heterocycles. The van der Waals surface area contributed by atoms with Gasteiger partial charge in [-0.2, -0.15) is 0 Å². The largest absolute Gasteiger partial charge is 0.495 e. The summed E-state index contributed by atoms with van der Waals surface area (Å²) in [6.07, 6.45) is 0. The Hall–Kier alpha value is -3.50. The summed E-state index contributed by atoms with van der Waals surface area (Å²) in [4.78, 5) is 27.8. The minimum atomic E-state index is -4.00. The maximum atomic E-state index is 12.9. The zero-order chi connectivity index (χ0) is 24.1. The fourth-order valence-electron chi connectivity index (χ4n) is 3.44. The number of carbonyl (C=O) groups excluding carboxylic acids is 2. The van der Waals surface area contributed by atoms with Crippen molar-refractivity contribution < 1.29 is 27.5 Å². The Kier molecular flexibility index (Phi) is 7.09. The number of hydrogen-bond donors (Lipinski definition) is 1. The van der Waals surface area contributed by atoms with Crippen molar-refractivity contribution in [1.82, 2.24) is 0 Å². The molecule has 3 aromatic carbocycles. The predicted octanol–water partition coefficient (Wildman–Crippen LogP) is 3.79. The Morgan fingerprint density at radius 2 is 1.79 bits per heavy atom. The number of hydrogen-bond acceptors (Lipinski definition) is 7. The summed E-state index contributed by atoms with van der Waals surface area (Å²) in [6, 6.07) is 19.6. The number of sulfonamides is 1. The number of nitrogens with zero attached hydrogens (tertiary/aromatic N) is 1. The van der Waals surface area contributed by atoms with Crippen LogP contribution in [0.5, 0.6) is 5.75 Å². The van der Waals surface area contributed by atoms with Gasteiger partial charge in [-0.05, 0) is 42.5 Å². The van der Waals surface area contributed by atoms with Crippen molar-refractivity contribution in [2.45, 2.75) is 9.79 Å². The van der Waals surface area contributed by atoms with E-state index in [1.165, 1.54) is 31.4 Å². The fourth-order valence-corrected chi connectivity index (χ4v) is 5.55. The van der Waals surface area contributed by atoms with Gasteiger partial charge in [0.2, 0.25) is 0 Å². The molecular weight excluding hydrogens is 476 g/mol. The summed E-state index contributed by atoms with van der Waals surface area (Å²) in [5.41, 5.74) is 1.07. The number of fused-ring (bicyclic) bond motifs is 1. The number of thioether (sulfide) groups is 1. The number of amides is 1. The van der Waals surface area contributed by atoms with Crippen LogP contribution in [0.1, 0.15) is 10.4 Å². The van der Waals surface area contributed by atoms with Crippen LogP contribution >= 0.6 is 11.8 Å². The van der Waals surface area contributed by atoms with Crippen LogP contribution in [0, 0.1) is 0 Å². The van der Waals surface area contributed by atoms with Crippen molar-refractivity contribution in [3.63, 3.8) is 0 Å². The Morgan fingerprint density at radius 1 is 1.03 bits per heavy atom. The molecule has 3 aromatic rings. The highest BCUT2D eigenvalue weighted by Crippen LogP contribution is 2.34. The van der Waals surface area contributed by atoms with E-state index < -0.39 is 22.6 Å². The van der Waals surface area contributed by atoms with E-state index >= 15 is 0 Å². The molecule has 1 amide bonds. The molecule has 1 heterocycles. The van der Waals surface area contributed by atoms with Gasteiger partial charge in [0.05, 0.1) is 28.9 Å². The lowest BCUT2D eigenvalue weighted by Gasteiger charge is -2.28. The van der Waals surface area contributed by atoms with Gasteiger partial charge in [0.25, 0.3) is 15.9 Å². The van der Waals surface area contributed by atoms with Gasteiger partial charge in [-0.3, -0.25) is 9.52 Å². The third-order valence-electron chi connectivity index (χ3n) is 5.09. The molecule has 0 saturated carbocycles. The van der Waals surface area contributed by atoms with Crippen LogP contribution in [-0.4, -0.2) is 46.3 Å². The van der Waals surface area contributed by atoms with Crippen molar-refractivity contribution in [2.75, 3.05) is 35.6 Å². The number of rotatable bonds is 7. The van der Waals surface area contributed by atoms with Gasteiger partial charge in [0.1, 0.15) is 5.75 Å². The molecule has 0 aromatic heterocycles. The van der Waals surface area contributed by atoms with Gasteiger partial charge in [-0.1, -0.05) is 30.3 Å². The number of benzene rings is 3. The standard InChI is InChI=1S/C24H22N2O6S2/c1-31-21-11-4-2-9-19(21)25-34(29,30)18-8-6-7-17(15-18)24(28)32-16-23(27)26-13-14-33-22-12-5-3-10-20(22)26/h2-12,15,25H,13-14,16H2,1H3. The summed E-state index contributed by atoms with van der Waals surface area (Å²) in [5.74, 6) is -0.0292. The molecular formula is C24H22N2O6S2. The first kappa shape index (κ1) is 23.7. The zero-order valence-electron chi connectivity index (χ0n) is 18.3. The molecule has 1 aliphatic rings. The predicted molar refractivity (Wildman–Crippen MR) is 130 cm³/mol. The highest BCUT2D eigenvalue weighted by Gasteiger charge is 2.24. The normalized spacial score (nSPS) is 13.0. The highest BCUT2D eigenvalue weighted by molar-refractivity contribution is 7.99. The molecule has 0 fully saturated rings. The SMILES string of the molecule is COc1ccccc1NS(=O)(=O)c1cccc(C(=O)OCC(=O)N2CCSc3ccccc32)c1. The number of carbonyl (C=O) groups is 2. The van der Waals surface area contributed by atoms with Gasteiger partial charge < -0.3 is 14.4 Å². The summed E-state index contributed by atoms with van der Waals surface area (Å²) >= 11 is 1.67. The van der Waals surface area contributed by atoms with E-state index in [0.29, 0.717) is 12.3 Å². The highest BCUT2D eigenvalue weighted by atomic mass is 32.2. The summed E-state index contributed by atoms with van der Waals surface area (Å²) in [7, 11) is -2.56. The van der Waals surface area contributed by atoms with E-state index in [0.717, 1.165) is 16.3 Å². The first-order valence-electron chi connectivity index (χ1n) is 10.3. The third-order valence-corrected chi connectivity index (χ3v) is 7.49. The quantitative estimate of drug-likeness (QED) is 0.495. The monoisotopic (exact) mass is 498 g/mol. The maximum Gasteiger partial charge on any atom is 0.338 e. The fraction of sp³-hybridized carbons (Fsp3) is 0.167. The summed E-state index contributed by atoms with van der Waals surface area (Å²) in [5, 5.41) is 0. The smallest absolute Gasteiger partial charge is 0.338 e. The molecule has 0 spiro atoms. The average molecular weight is 499 g/mol. The van der Waals surface area contributed by atoms with Gasteiger partial charge in [0.15, 0.2) is 6.61 Å². The Labute approximate surface area is 201 Å². The van der Waals surface area contributed by atoms with E-state index in [-0.39, 0.29) is 22.1 Å². The van der Waals surface area contributed by atoms with E-state index in [1.807, 2.05) is 24.3 Å². The van der Waals surface area contributed by atoms with Crippen molar-refractivity contribution in [2.24, 2.45) is 0 Å². The first-order valence-corrected chi connectivity index (χ1v) is 12.8. The van der Waals surface area contributed by atoms with Crippen LogP contribution in [0.2, 0.25) is 0 Å². The van der Waals surface area contributed by atoms with Crippen LogP contribution in [0.3, 0.4) is 0 Å². The number of nitrogens with one attached hydrogen (secondary N) is 1. The molecule has 0 bridgehead atoms. The number of esters is 1. The van der Waals surface area contributed by atoms with Crippen molar-refractivity contribution in [3.05, 3.63) is 78.4 Å². The lowest BCUT2D eigenvalue weighted by atomic mass is 10.2. The molecule has 8 nitrogen and oxygen atoms in total. The van der Waals surface area contributed by atoms with Gasteiger partial charge in [-0.15, -0.1) is 11.8 Å². The molecule has 0 atom stereocenters. The van der Waals surface area contributed by atoms with Crippen LogP contribution in [-0.2, 0) is 19.6 Å². The molecule has 0 aliphatic carbocycles. The minimum Gasteiger partial charge on any atom is -0.495 e. The van der Waals surface area contributed by atoms with Gasteiger partial charge >= 0.3 is 5.97 Å². The van der Waals surface area contributed by atoms with Crippen LogP contribution < -0.4 is 14.4 Å². The molecule has 34 heavy (non-hydrogen) atoms. The van der Waals surface area contributed by atoms with E-state index in [4.69, 9.17) is 9.47 Å². The number of para-hydroxylation sites is 3. The second-order valence-corrected chi connectivity index (χ2v) is 10.1. The first-order chi connectivity index (χ1) is 16.4.